The summed E-state index contributed by atoms with van der Waals surface area (Å²) in [7, 11) is 1.81. The van der Waals surface area contributed by atoms with E-state index in [4.69, 9.17) is 0 Å². The van der Waals surface area contributed by atoms with Crippen LogP contribution in [0.4, 0.5) is 11.8 Å². The fourth-order valence-corrected chi connectivity index (χ4v) is 2.56. The summed E-state index contributed by atoms with van der Waals surface area (Å²) >= 11 is 1.72. The topological polar surface area (TPSA) is 62.7 Å². The van der Waals surface area contributed by atoms with Gasteiger partial charge in [0.2, 0.25) is 5.95 Å². The van der Waals surface area contributed by atoms with Gasteiger partial charge in [0.25, 0.3) is 0 Å². The molecule has 0 saturated heterocycles. The summed E-state index contributed by atoms with van der Waals surface area (Å²) in [4.78, 5) is 14.2. The molecule has 0 aliphatic heterocycles. The molecule has 0 amide bonds. The Morgan fingerprint density at radius 3 is 2.71 bits per heavy atom. The van der Waals surface area contributed by atoms with Gasteiger partial charge in [-0.3, -0.25) is 4.98 Å². The van der Waals surface area contributed by atoms with Gasteiger partial charge in [-0.2, -0.15) is 4.98 Å². The molecule has 0 saturated carbocycles. The van der Waals surface area contributed by atoms with Crippen molar-refractivity contribution >= 4 is 23.1 Å². The Morgan fingerprint density at radius 1 is 1.14 bits per heavy atom. The highest BCUT2D eigenvalue weighted by Gasteiger charge is 2.06. The fraction of sp³-hybridized carbons (Fsp3) is 0.133. The summed E-state index contributed by atoms with van der Waals surface area (Å²) in [5.74, 6) is 1.40. The molecule has 3 rings (SSSR count). The van der Waals surface area contributed by atoms with Crippen LogP contribution in [0.3, 0.4) is 0 Å². The second-order valence-corrected chi connectivity index (χ2v) is 5.41. The van der Waals surface area contributed by atoms with E-state index < -0.39 is 0 Å². The average molecular weight is 297 g/mol. The van der Waals surface area contributed by atoms with Crippen LogP contribution in [0.5, 0.6) is 0 Å². The van der Waals surface area contributed by atoms with E-state index in [-0.39, 0.29) is 0 Å². The van der Waals surface area contributed by atoms with Crippen LogP contribution in [-0.4, -0.2) is 22.0 Å². The Labute approximate surface area is 127 Å². The minimum atomic E-state index is 0.595. The lowest BCUT2D eigenvalue weighted by Gasteiger charge is -2.09. The van der Waals surface area contributed by atoms with E-state index in [1.807, 2.05) is 31.3 Å². The van der Waals surface area contributed by atoms with Gasteiger partial charge in [0.05, 0.1) is 12.2 Å². The van der Waals surface area contributed by atoms with Crippen LogP contribution < -0.4 is 10.6 Å². The number of hydrogen-bond acceptors (Lipinski definition) is 6. The van der Waals surface area contributed by atoms with E-state index in [0.29, 0.717) is 5.95 Å². The van der Waals surface area contributed by atoms with Crippen molar-refractivity contribution in [2.75, 3.05) is 17.7 Å². The highest BCUT2D eigenvalue weighted by atomic mass is 32.1. The molecule has 0 bridgehead atoms. The van der Waals surface area contributed by atoms with Gasteiger partial charge in [0, 0.05) is 35.9 Å². The van der Waals surface area contributed by atoms with E-state index in [9.17, 15) is 0 Å². The highest BCUT2D eigenvalue weighted by Crippen LogP contribution is 2.21. The summed E-state index contributed by atoms with van der Waals surface area (Å²) in [6.07, 6.45) is 3.52. The zero-order valence-electron chi connectivity index (χ0n) is 11.6. The van der Waals surface area contributed by atoms with Crippen molar-refractivity contribution < 1.29 is 0 Å². The van der Waals surface area contributed by atoms with Gasteiger partial charge in [0.15, 0.2) is 0 Å². The Bertz CT molecular complexity index is 697. The molecular weight excluding hydrogens is 282 g/mol. The molecule has 0 aromatic carbocycles. The molecule has 0 radical (unpaired) electrons. The largest absolute Gasteiger partial charge is 0.365 e. The van der Waals surface area contributed by atoms with Gasteiger partial charge < -0.3 is 10.6 Å². The Kier molecular flexibility index (Phi) is 4.07. The first-order valence-electron chi connectivity index (χ1n) is 6.58. The van der Waals surface area contributed by atoms with Crippen LogP contribution >= 0.6 is 11.3 Å². The Morgan fingerprint density at radius 2 is 2.00 bits per heavy atom. The molecule has 6 heteroatoms. The van der Waals surface area contributed by atoms with Gasteiger partial charge in [-0.25, -0.2) is 4.98 Å². The van der Waals surface area contributed by atoms with E-state index >= 15 is 0 Å². The standard InChI is InChI=1S/C15H15N5S/c1-16-15-19-13(11-4-6-17-7-5-11)9-14(20-15)18-10-12-3-2-8-21-12/h2-9H,10H2,1H3,(H2,16,18,19,20). The first-order valence-corrected chi connectivity index (χ1v) is 7.46. The van der Waals surface area contributed by atoms with E-state index in [0.717, 1.165) is 23.6 Å². The Balaban J connectivity index is 1.86. The highest BCUT2D eigenvalue weighted by molar-refractivity contribution is 7.09. The maximum absolute atomic E-state index is 4.48. The molecule has 3 aromatic heterocycles. The van der Waals surface area contributed by atoms with Crippen molar-refractivity contribution in [1.29, 1.82) is 0 Å². The van der Waals surface area contributed by atoms with Crippen LogP contribution in [0.2, 0.25) is 0 Å². The quantitative estimate of drug-likeness (QED) is 0.757. The zero-order valence-corrected chi connectivity index (χ0v) is 12.4. The maximum atomic E-state index is 4.48. The number of thiophene rings is 1. The fourth-order valence-electron chi connectivity index (χ4n) is 1.91. The summed E-state index contributed by atoms with van der Waals surface area (Å²) in [6, 6.07) is 9.96. The number of anilines is 2. The monoisotopic (exact) mass is 297 g/mol. The summed E-state index contributed by atoms with van der Waals surface area (Å²) in [6.45, 7) is 0.758. The lowest BCUT2D eigenvalue weighted by Crippen LogP contribution is -2.04. The van der Waals surface area contributed by atoms with E-state index in [1.165, 1.54) is 4.88 Å². The van der Waals surface area contributed by atoms with Crippen LogP contribution in [-0.2, 0) is 6.54 Å². The number of aromatic nitrogens is 3. The third kappa shape index (κ3) is 3.35. The van der Waals surface area contributed by atoms with Gasteiger partial charge in [-0.15, -0.1) is 11.3 Å². The van der Waals surface area contributed by atoms with Crippen molar-refractivity contribution in [1.82, 2.24) is 15.0 Å². The second-order valence-electron chi connectivity index (χ2n) is 4.38. The molecule has 0 fully saturated rings. The lowest BCUT2D eigenvalue weighted by atomic mass is 10.2. The van der Waals surface area contributed by atoms with Crippen molar-refractivity contribution in [3.05, 3.63) is 53.0 Å². The van der Waals surface area contributed by atoms with Crippen LogP contribution in [0.15, 0.2) is 48.1 Å². The number of pyridine rings is 1. The number of nitrogens with one attached hydrogen (secondary N) is 2. The first kappa shape index (κ1) is 13.5. The molecular formula is C15H15N5S. The zero-order chi connectivity index (χ0) is 14.5. The molecule has 5 nitrogen and oxygen atoms in total. The van der Waals surface area contributed by atoms with Crippen molar-refractivity contribution in [3.63, 3.8) is 0 Å². The summed E-state index contributed by atoms with van der Waals surface area (Å²) in [5.41, 5.74) is 1.88. The van der Waals surface area contributed by atoms with Gasteiger partial charge >= 0.3 is 0 Å². The molecule has 2 N–H and O–H groups in total. The summed E-state index contributed by atoms with van der Waals surface area (Å²) < 4.78 is 0. The van der Waals surface area contributed by atoms with Crippen LogP contribution in [0.25, 0.3) is 11.3 Å². The number of rotatable bonds is 5. The first-order chi connectivity index (χ1) is 10.3. The van der Waals surface area contributed by atoms with E-state index in [1.54, 1.807) is 23.7 Å². The van der Waals surface area contributed by atoms with Crippen molar-refractivity contribution in [2.45, 2.75) is 6.54 Å². The average Bonchev–Trinajstić information content (AvgIpc) is 3.07. The van der Waals surface area contributed by atoms with Crippen molar-refractivity contribution in [3.8, 4) is 11.3 Å². The molecule has 0 aliphatic rings. The molecule has 0 spiro atoms. The molecule has 3 heterocycles. The normalized spacial score (nSPS) is 10.3. The third-order valence-electron chi connectivity index (χ3n) is 2.95. The smallest absolute Gasteiger partial charge is 0.224 e. The SMILES string of the molecule is CNc1nc(NCc2cccs2)cc(-c2ccncc2)n1. The molecule has 21 heavy (non-hydrogen) atoms. The maximum Gasteiger partial charge on any atom is 0.224 e. The molecule has 0 aliphatic carbocycles. The van der Waals surface area contributed by atoms with Gasteiger partial charge in [-0.1, -0.05) is 6.07 Å². The van der Waals surface area contributed by atoms with Crippen molar-refractivity contribution in [2.24, 2.45) is 0 Å². The molecule has 106 valence electrons. The van der Waals surface area contributed by atoms with Gasteiger partial charge in [-0.05, 0) is 23.6 Å². The third-order valence-corrected chi connectivity index (χ3v) is 3.83. The predicted octanol–water partition coefficient (Wildman–Crippen LogP) is 3.25. The van der Waals surface area contributed by atoms with Crippen LogP contribution in [0.1, 0.15) is 4.88 Å². The summed E-state index contributed by atoms with van der Waals surface area (Å²) in [5, 5.41) is 8.40. The number of hydrogen-bond donors (Lipinski definition) is 2. The minimum absolute atomic E-state index is 0.595. The molecule has 0 unspecified atom stereocenters. The predicted molar refractivity (Wildman–Crippen MR) is 86.5 cm³/mol. The molecule has 3 aromatic rings. The second kappa shape index (κ2) is 6.32. The molecule has 0 atom stereocenters. The Hall–Kier alpha value is -2.47. The number of nitrogens with zero attached hydrogens (tertiary/aromatic N) is 3. The van der Waals surface area contributed by atoms with Crippen LogP contribution in [0, 0.1) is 0 Å². The van der Waals surface area contributed by atoms with E-state index in [2.05, 4.69) is 37.0 Å². The minimum Gasteiger partial charge on any atom is -0.365 e. The lowest BCUT2D eigenvalue weighted by molar-refractivity contribution is 1.10. The van der Waals surface area contributed by atoms with Gasteiger partial charge in [0.1, 0.15) is 5.82 Å².